The van der Waals surface area contributed by atoms with Gasteiger partial charge in [0.25, 0.3) is 5.91 Å². The van der Waals surface area contributed by atoms with E-state index in [0.717, 1.165) is 28.2 Å². The fourth-order valence-corrected chi connectivity index (χ4v) is 2.27. The van der Waals surface area contributed by atoms with E-state index in [9.17, 15) is 4.79 Å². The van der Waals surface area contributed by atoms with Crippen molar-refractivity contribution < 1.29 is 14.3 Å². The van der Waals surface area contributed by atoms with Crippen LogP contribution in [0.2, 0.25) is 0 Å². The summed E-state index contributed by atoms with van der Waals surface area (Å²) in [6, 6.07) is 13.4. The molecular weight excluding hydrogens is 290 g/mol. The number of hydrogen-bond donors (Lipinski definition) is 1. The van der Waals surface area contributed by atoms with Crippen LogP contribution in [0.25, 0.3) is 0 Å². The summed E-state index contributed by atoms with van der Waals surface area (Å²) >= 11 is 0. The van der Waals surface area contributed by atoms with E-state index in [1.165, 1.54) is 0 Å². The van der Waals surface area contributed by atoms with E-state index in [1.807, 2.05) is 56.3 Å². The van der Waals surface area contributed by atoms with Crippen LogP contribution >= 0.6 is 0 Å². The molecule has 1 unspecified atom stereocenters. The van der Waals surface area contributed by atoms with Gasteiger partial charge in [0.05, 0.1) is 7.11 Å². The molecule has 0 aliphatic heterocycles. The fourth-order valence-electron chi connectivity index (χ4n) is 2.27. The Balaban J connectivity index is 1.96. The second-order valence-electron chi connectivity index (χ2n) is 5.49. The molecule has 0 bridgehead atoms. The van der Waals surface area contributed by atoms with Gasteiger partial charge < -0.3 is 14.8 Å². The fraction of sp³-hybridized carbons (Fsp3) is 0.316. The predicted molar refractivity (Wildman–Crippen MR) is 90.8 cm³/mol. The minimum Gasteiger partial charge on any atom is -0.496 e. The van der Waals surface area contributed by atoms with Crippen molar-refractivity contribution in [3.05, 3.63) is 59.2 Å². The first kappa shape index (κ1) is 16.9. The lowest BCUT2D eigenvalue weighted by Gasteiger charge is -2.17. The molecule has 0 aliphatic carbocycles. The quantitative estimate of drug-likeness (QED) is 0.889. The van der Waals surface area contributed by atoms with Crippen molar-refractivity contribution in [3.63, 3.8) is 0 Å². The van der Waals surface area contributed by atoms with E-state index in [1.54, 1.807) is 14.0 Å². The highest BCUT2D eigenvalue weighted by Gasteiger charge is 2.16. The van der Waals surface area contributed by atoms with Gasteiger partial charge in [0, 0.05) is 12.1 Å². The number of ether oxygens (including phenoxy) is 2. The molecule has 23 heavy (non-hydrogen) atoms. The topological polar surface area (TPSA) is 47.6 Å². The van der Waals surface area contributed by atoms with Crippen molar-refractivity contribution >= 4 is 5.91 Å². The first-order valence-electron chi connectivity index (χ1n) is 7.65. The lowest BCUT2D eigenvalue weighted by atomic mass is 10.1. The van der Waals surface area contributed by atoms with Crippen LogP contribution in [-0.4, -0.2) is 19.1 Å². The summed E-state index contributed by atoms with van der Waals surface area (Å²) in [4.78, 5) is 12.2. The van der Waals surface area contributed by atoms with E-state index >= 15 is 0 Å². The van der Waals surface area contributed by atoms with Gasteiger partial charge in [-0.05, 0) is 44.0 Å². The second-order valence-corrected chi connectivity index (χ2v) is 5.49. The molecule has 0 saturated carbocycles. The van der Waals surface area contributed by atoms with Gasteiger partial charge in [-0.25, -0.2) is 0 Å². The maximum absolute atomic E-state index is 12.2. The molecule has 4 heteroatoms. The minimum atomic E-state index is -0.565. The summed E-state index contributed by atoms with van der Waals surface area (Å²) in [5.41, 5.74) is 3.13. The molecule has 0 radical (unpaired) electrons. The molecule has 1 atom stereocenters. The first-order valence-corrected chi connectivity index (χ1v) is 7.65. The minimum absolute atomic E-state index is 0.156. The number of hydrogen-bond acceptors (Lipinski definition) is 3. The maximum Gasteiger partial charge on any atom is 0.261 e. The predicted octanol–water partition coefficient (Wildman–Crippen LogP) is 3.40. The summed E-state index contributed by atoms with van der Waals surface area (Å²) in [5, 5.41) is 2.88. The van der Waals surface area contributed by atoms with Crippen molar-refractivity contribution in [2.45, 2.75) is 33.4 Å². The Hall–Kier alpha value is -2.49. The molecule has 122 valence electrons. The van der Waals surface area contributed by atoms with Crippen LogP contribution in [0, 0.1) is 13.8 Å². The molecule has 2 aromatic rings. The highest BCUT2D eigenvalue weighted by Crippen LogP contribution is 2.22. The van der Waals surface area contributed by atoms with Gasteiger partial charge in [0.15, 0.2) is 6.10 Å². The van der Waals surface area contributed by atoms with Crippen molar-refractivity contribution in [1.82, 2.24) is 5.32 Å². The molecule has 0 saturated heterocycles. The van der Waals surface area contributed by atoms with Gasteiger partial charge in [-0.2, -0.15) is 0 Å². The molecule has 0 heterocycles. The summed E-state index contributed by atoms with van der Waals surface area (Å²) in [5.74, 6) is 1.35. The second kappa shape index (κ2) is 7.68. The third-order valence-corrected chi connectivity index (χ3v) is 3.87. The molecule has 2 rings (SSSR count). The highest BCUT2D eigenvalue weighted by molar-refractivity contribution is 5.80. The van der Waals surface area contributed by atoms with E-state index in [4.69, 9.17) is 9.47 Å². The average molecular weight is 313 g/mol. The number of rotatable bonds is 6. The van der Waals surface area contributed by atoms with Crippen LogP contribution in [0.15, 0.2) is 42.5 Å². The summed E-state index contributed by atoms with van der Waals surface area (Å²) in [7, 11) is 1.62. The zero-order valence-corrected chi connectivity index (χ0v) is 14.1. The summed E-state index contributed by atoms with van der Waals surface area (Å²) in [6.07, 6.45) is -0.565. The Kier molecular flexibility index (Phi) is 5.63. The number of methoxy groups -OCH3 is 1. The van der Waals surface area contributed by atoms with E-state index in [-0.39, 0.29) is 5.91 Å². The van der Waals surface area contributed by atoms with Crippen molar-refractivity contribution in [2.75, 3.05) is 7.11 Å². The summed E-state index contributed by atoms with van der Waals surface area (Å²) < 4.78 is 11.1. The van der Waals surface area contributed by atoms with Gasteiger partial charge in [-0.1, -0.05) is 30.3 Å². The van der Waals surface area contributed by atoms with Gasteiger partial charge >= 0.3 is 0 Å². The lowest BCUT2D eigenvalue weighted by Crippen LogP contribution is -2.36. The van der Waals surface area contributed by atoms with Gasteiger partial charge in [-0.3, -0.25) is 4.79 Å². The molecule has 4 nitrogen and oxygen atoms in total. The standard InChI is InChI=1S/C19H23NO3/c1-13-8-7-11-17(14(13)2)23-15(3)19(21)20-12-16-9-5-6-10-18(16)22-4/h5-11,15H,12H2,1-4H3,(H,20,21). The van der Waals surface area contributed by atoms with Crippen LogP contribution in [0.1, 0.15) is 23.6 Å². The molecule has 0 spiro atoms. The van der Waals surface area contributed by atoms with Gasteiger partial charge in [0.1, 0.15) is 11.5 Å². The number of nitrogens with one attached hydrogen (secondary N) is 1. The van der Waals surface area contributed by atoms with Crippen LogP contribution in [0.4, 0.5) is 0 Å². The molecule has 1 N–H and O–H groups in total. The Morgan fingerprint density at radius 3 is 2.52 bits per heavy atom. The molecule has 0 aliphatic rings. The maximum atomic E-state index is 12.2. The number of aryl methyl sites for hydroxylation is 1. The first-order chi connectivity index (χ1) is 11.0. The van der Waals surface area contributed by atoms with E-state index in [0.29, 0.717) is 6.54 Å². The van der Waals surface area contributed by atoms with Crippen molar-refractivity contribution in [2.24, 2.45) is 0 Å². The van der Waals surface area contributed by atoms with Crippen LogP contribution < -0.4 is 14.8 Å². The van der Waals surface area contributed by atoms with Gasteiger partial charge in [0.2, 0.25) is 0 Å². The van der Waals surface area contributed by atoms with E-state index in [2.05, 4.69) is 5.32 Å². The molecule has 1 amide bonds. The third-order valence-electron chi connectivity index (χ3n) is 3.87. The molecular formula is C19H23NO3. The average Bonchev–Trinajstić information content (AvgIpc) is 2.57. The van der Waals surface area contributed by atoms with Crippen LogP contribution in [0.5, 0.6) is 11.5 Å². The zero-order valence-electron chi connectivity index (χ0n) is 14.1. The number of benzene rings is 2. The smallest absolute Gasteiger partial charge is 0.261 e. The summed E-state index contributed by atoms with van der Waals surface area (Å²) in [6.45, 7) is 6.17. The van der Waals surface area contributed by atoms with Crippen LogP contribution in [-0.2, 0) is 11.3 Å². The SMILES string of the molecule is COc1ccccc1CNC(=O)C(C)Oc1cccc(C)c1C. The van der Waals surface area contributed by atoms with E-state index < -0.39 is 6.10 Å². The van der Waals surface area contributed by atoms with Crippen molar-refractivity contribution in [3.8, 4) is 11.5 Å². The molecule has 0 fully saturated rings. The Morgan fingerprint density at radius 1 is 1.09 bits per heavy atom. The third kappa shape index (κ3) is 4.25. The normalized spacial score (nSPS) is 11.7. The number of para-hydroxylation sites is 1. The Morgan fingerprint density at radius 2 is 1.78 bits per heavy atom. The number of carbonyl (C=O) groups excluding carboxylic acids is 1. The Labute approximate surface area is 137 Å². The van der Waals surface area contributed by atoms with Crippen molar-refractivity contribution in [1.29, 1.82) is 0 Å². The zero-order chi connectivity index (χ0) is 16.8. The number of carbonyl (C=O) groups is 1. The largest absolute Gasteiger partial charge is 0.496 e. The van der Waals surface area contributed by atoms with Crippen LogP contribution in [0.3, 0.4) is 0 Å². The molecule has 0 aromatic heterocycles. The Bertz CT molecular complexity index is 682. The number of amides is 1. The van der Waals surface area contributed by atoms with Gasteiger partial charge in [-0.15, -0.1) is 0 Å². The highest BCUT2D eigenvalue weighted by atomic mass is 16.5. The lowest BCUT2D eigenvalue weighted by molar-refractivity contribution is -0.127. The molecule has 2 aromatic carbocycles. The monoisotopic (exact) mass is 313 g/mol.